The zero-order chi connectivity index (χ0) is 14.7. The molecular formula is C14H17N3O2S. The van der Waals surface area contributed by atoms with Crippen molar-refractivity contribution in [3.8, 4) is 0 Å². The average Bonchev–Trinajstić information content (AvgIpc) is 2.75. The number of hydrogen-bond acceptors (Lipinski definition) is 5. The molecular weight excluding hydrogens is 274 g/mol. The average molecular weight is 291 g/mol. The minimum absolute atomic E-state index is 0.0423. The van der Waals surface area contributed by atoms with E-state index in [0.717, 1.165) is 22.0 Å². The highest BCUT2D eigenvalue weighted by Gasteiger charge is 2.16. The Bertz CT molecular complexity index is 603. The van der Waals surface area contributed by atoms with Gasteiger partial charge in [0.2, 0.25) is 0 Å². The Kier molecular flexibility index (Phi) is 4.44. The van der Waals surface area contributed by atoms with Crippen LogP contribution in [-0.4, -0.2) is 35.0 Å². The van der Waals surface area contributed by atoms with Gasteiger partial charge >= 0.3 is 0 Å². The highest BCUT2D eigenvalue weighted by atomic mass is 32.2. The van der Waals surface area contributed by atoms with E-state index in [1.807, 2.05) is 13.8 Å². The number of aromatic nitrogens is 2. The summed E-state index contributed by atoms with van der Waals surface area (Å²) in [6.07, 6.45) is 1.70. The van der Waals surface area contributed by atoms with Crippen LogP contribution in [0.25, 0.3) is 0 Å². The second-order valence-corrected chi connectivity index (χ2v) is 5.61. The van der Waals surface area contributed by atoms with Crippen molar-refractivity contribution in [2.45, 2.75) is 24.6 Å². The second kappa shape index (κ2) is 6.09. The SMILES string of the molecule is Cc1noc(C)c1CSc1ncccc1C(=O)N(C)C. The fourth-order valence-electron chi connectivity index (χ4n) is 1.76. The molecule has 106 valence electrons. The summed E-state index contributed by atoms with van der Waals surface area (Å²) in [5.74, 6) is 1.46. The third-order valence-corrected chi connectivity index (χ3v) is 3.97. The van der Waals surface area contributed by atoms with Gasteiger partial charge in [0.15, 0.2) is 0 Å². The van der Waals surface area contributed by atoms with Crippen LogP contribution in [0.3, 0.4) is 0 Å². The van der Waals surface area contributed by atoms with E-state index in [0.29, 0.717) is 11.3 Å². The van der Waals surface area contributed by atoms with E-state index in [1.54, 1.807) is 37.3 Å². The van der Waals surface area contributed by atoms with Crippen LogP contribution < -0.4 is 0 Å². The summed E-state index contributed by atoms with van der Waals surface area (Å²) in [4.78, 5) is 18.0. The number of thioether (sulfide) groups is 1. The first kappa shape index (κ1) is 14.6. The second-order valence-electron chi connectivity index (χ2n) is 4.65. The predicted octanol–water partition coefficient (Wildman–Crippen LogP) is 2.68. The standard InChI is InChI=1S/C14H17N3O2S/c1-9-12(10(2)19-16-9)8-20-13-11(6-5-7-15-13)14(18)17(3)4/h5-7H,8H2,1-4H3. The van der Waals surface area contributed by atoms with Crippen molar-refractivity contribution in [3.63, 3.8) is 0 Å². The molecule has 2 aromatic rings. The Balaban J connectivity index is 2.20. The molecule has 6 heteroatoms. The lowest BCUT2D eigenvalue weighted by atomic mass is 10.2. The summed E-state index contributed by atoms with van der Waals surface area (Å²) in [5, 5.41) is 4.66. The predicted molar refractivity (Wildman–Crippen MR) is 77.8 cm³/mol. The number of nitrogens with zero attached hydrogens (tertiary/aromatic N) is 3. The zero-order valence-corrected chi connectivity index (χ0v) is 12.8. The maximum Gasteiger partial charge on any atom is 0.256 e. The molecule has 0 fully saturated rings. The van der Waals surface area contributed by atoms with Gasteiger partial charge in [0.1, 0.15) is 10.8 Å². The third-order valence-electron chi connectivity index (χ3n) is 2.94. The Hall–Kier alpha value is -1.82. The molecule has 2 rings (SSSR count). The zero-order valence-electron chi connectivity index (χ0n) is 12.0. The summed E-state index contributed by atoms with van der Waals surface area (Å²) < 4.78 is 5.14. The first-order valence-electron chi connectivity index (χ1n) is 6.22. The van der Waals surface area contributed by atoms with Crippen molar-refractivity contribution < 1.29 is 9.32 Å². The van der Waals surface area contributed by atoms with E-state index < -0.39 is 0 Å². The Morgan fingerprint density at radius 2 is 2.15 bits per heavy atom. The van der Waals surface area contributed by atoms with Crippen LogP contribution >= 0.6 is 11.8 Å². The molecule has 0 bridgehead atoms. The number of hydrogen-bond donors (Lipinski definition) is 0. The molecule has 0 aliphatic heterocycles. The summed E-state index contributed by atoms with van der Waals surface area (Å²) in [5.41, 5.74) is 2.56. The lowest BCUT2D eigenvalue weighted by molar-refractivity contribution is 0.0823. The highest BCUT2D eigenvalue weighted by molar-refractivity contribution is 7.98. The fraction of sp³-hybridized carbons (Fsp3) is 0.357. The van der Waals surface area contributed by atoms with Crippen LogP contribution in [0.4, 0.5) is 0 Å². The summed E-state index contributed by atoms with van der Waals surface area (Å²) in [6.45, 7) is 3.80. The summed E-state index contributed by atoms with van der Waals surface area (Å²) >= 11 is 1.52. The lowest BCUT2D eigenvalue weighted by Crippen LogP contribution is -2.22. The monoisotopic (exact) mass is 291 g/mol. The van der Waals surface area contributed by atoms with Crippen LogP contribution in [0.15, 0.2) is 27.9 Å². The number of rotatable bonds is 4. The van der Waals surface area contributed by atoms with Gasteiger partial charge < -0.3 is 9.42 Å². The van der Waals surface area contributed by atoms with E-state index in [1.165, 1.54) is 11.8 Å². The topological polar surface area (TPSA) is 59.2 Å². The molecule has 1 amide bonds. The van der Waals surface area contributed by atoms with Gasteiger partial charge in [-0.05, 0) is 26.0 Å². The van der Waals surface area contributed by atoms with Crippen molar-refractivity contribution in [1.82, 2.24) is 15.0 Å². The van der Waals surface area contributed by atoms with Gasteiger partial charge in [0, 0.05) is 31.6 Å². The molecule has 0 aliphatic carbocycles. The first-order valence-corrected chi connectivity index (χ1v) is 7.20. The number of carbonyl (C=O) groups is 1. The lowest BCUT2D eigenvalue weighted by Gasteiger charge is -2.12. The smallest absolute Gasteiger partial charge is 0.256 e. The fourth-order valence-corrected chi connectivity index (χ4v) is 2.90. The van der Waals surface area contributed by atoms with Gasteiger partial charge in [-0.15, -0.1) is 11.8 Å². The van der Waals surface area contributed by atoms with Gasteiger partial charge in [-0.25, -0.2) is 4.98 Å². The minimum atomic E-state index is -0.0423. The normalized spacial score (nSPS) is 10.6. The van der Waals surface area contributed by atoms with E-state index in [-0.39, 0.29) is 5.91 Å². The number of carbonyl (C=O) groups excluding carboxylic acids is 1. The van der Waals surface area contributed by atoms with E-state index in [4.69, 9.17) is 4.52 Å². The van der Waals surface area contributed by atoms with Crippen molar-refractivity contribution >= 4 is 17.7 Å². The Labute approximate surface area is 122 Å². The molecule has 2 heterocycles. The molecule has 0 saturated carbocycles. The maximum atomic E-state index is 12.1. The number of amides is 1. The molecule has 0 radical (unpaired) electrons. The van der Waals surface area contributed by atoms with Crippen LogP contribution in [0, 0.1) is 13.8 Å². The quantitative estimate of drug-likeness (QED) is 0.811. The Morgan fingerprint density at radius 3 is 2.75 bits per heavy atom. The van der Waals surface area contributed by atoms with Gasteiger partial charge in [-0.1, -0.05) is 5.16 Å². The minimum Gasteiger partial charge on any atom is -0.361 e. The number of aryl methyl sites for hydroxylation is 2. The van der Waals surface area contributed by atoms with Crippen LogP contribution in [0.1, 0.15) is 27.4 Å². The first-order chi connectivity index (χ1) is 9.50. The maximum absolute atomic E-state index is 12.1. The van der Waals surface area contributed by atoms with Crippen molar-refractivity contribution in [2.24, 2.45) is 0 Å². The van der Waals surface area contributed by atoms with Gasteiger partial charge in [-0.3, -0.25) is 4.79 Å². The number of pyridine rings is 1. The summed E-state index contributed by atoms with van der Waals surface area (Å²) in [7, 11) is 3.47. The molecule has 0 unspecified atom stereocenters. The van der Waals surface area contributed by atoms with Gasteiger partial charge in [0.25, 0.3) is 5.91 Å². The largest absolute Gasteiger partial charge is 0.361 e. The van der Waals surface area contributed by atoms with Crippen molar-refractivity contribution in [2.75, 3.05) is 14.1 Å². The Morgan fingerprint density at radius 1 is 1.40 bits per heavy atom. The van der Waals surface area contributed by atoms with Gasteiger partial charge in [-0.2, -0.15) is 0 Å². The van der Waals surface area contributed by atoms with Crippen LogP contribution in [-0.2, 0) is 5.75 Å². The summed E-state index contributed by atoms with van der Waals surface area (Å²) in [6, 6.07) is 3.57. The highest BCUT2D eigenvalue weighted by Crippen LogP contribution is 2.27. The third kappa shape index (κ3) is 3.01. The molecule has 2 aromatic heterocycles. The molecule has 0 N–H and O–H groups in total. The van der Waals surface area contributed by atoms with Gasteiger partial charge in [0.05, 0.1) is 11.3 Å². The van der Waals surface area contributed by atoms with E-state index in [9.17, 15) is 4.79 Å². The van der Waals surface area contributed by atoms with Crippen LogP contribution in [0.2, 0.25) is 0 Å². The van der Waals surface area contributed by atoms with Crippen LogP contribution in [0.5, 0.6) is 0 Å². The molecule has 0 aromatic carbocycles. The van der Waals surface area contributed by atoms with Crippen molar-refractivity contribution in [1.29, 1.82) is 0 Å². The van der Waals surface area contributed by atoms with E-state index in [2.05, 4.69) is 10.1 Å². The molecule has 5 nitrogen and oxygen atoms in total. The molecule has 0 saturated heterocycles. The molecule has 20 heavy (non-hydrogen) atoms. The molecule has 0 spiro atoms. The van der Waals surface area contributed by atoms with E-state index >= 15 is 0 Å². The molecule has 0 atom stereocenters. The van der Waals surface area contributed by atoms with Crippen molar-refractivity contribution in [3.05, 3.63) is 40.9 Å². The molecule has 0 aliphatic rings.